The maximum atomic E-state index is 12.0. The minimum Gasteiger partial charge on any atom is -0.372 e. The van der Waals surface area contributed by atoms with Crippen LogP contribution in [-0.4, -0.2) is 36.0 Å². The number of benzene rings is 1. The molecule has 6 nitrogen and oxygen atoms in total. The summed E-state index contributed by atoms with van der Waals surface area (Å²) in [4.78, 5) is 26.2. The first-order valence-electron chi connectivity index (χ1n) is 10.2. The van der Waals surface area contributed by atoms with Crippen LogP contribution in [0.1, 0.15) is 43.9 Å². The van der Waals surface area contributed by atoms with Crippen molar-refractivity contribution in [3.63, 3.8) is 0 Å². The zero-order valence-electron chi connectivity index (χ0n) is 17.1. The number of hydroxylamine groups is 1. The maximum absolute atomic E-state index is 12.0. The molecule has 30 heavy (non-hydrogen) atoms. The van der Waals surface area contributed by atoms with Crippen LogP contribution in [0.3, 0.4) is 0 Å². The van der Waals surface area contributed by atoms with Gasteiger partial charge in [0, 0.05) is 28.5 Å². The van der Waals surface area contributed by atoms with E-state index in [4.69, 9.17) is 9.94 Å². The number of hydrogen-bond donors (Lipinski definition) is 3. The van der Waals surface area contributed by atoms with Gasteiger partial charge in [-0.05, 0) is 54.8 Å². The van der Waals surface area contributed by atoms with Crippen LogP contribution in [-0.2, 0) is 19.1 Å². The molecule has 0 aliphatic carbocycles. The molecule has 162 valence electrons. The van der Waals surface area contributed by atoms with Crippen molar-refractivity contribution in [3.05, 3.63) is 41.3 Å². The summed E-state index contributed by atoms with van der Waals surface area (Å²) in [6.07, 6.45) is 4.28. The first-order valence-corrected chi connectivity index (χ1v) is 12.0. The number of carbonyl (C=O) groups is 2. The van der Waals surface area contributed by atoms with Crippen molar-refractivity contribution in [3.8, 4) is 10.4 Å². The van der Waals surface area contributed by atoms with Crippen LogP contribution < -0.4 is 10.8 Å². The molecule has 1 fully saturated rings. The molecule has 0 spiro atoms. The van der Waals surface area contributed by atoms with Gasteiger partial charge in [0.15, 0.2) is 0 Å². The Bertz CT molecular complexity index is 862. The SMILES string of the molecule is CCCOCC(=O)Nc1cccc(-c2ccc([C@@]3(CC(=O)NO)CCCCS3)s2)c1. The van der Waals surface area contributed by atoms with Crippen molar-refractivity contribution in [1.82, 2.24) is 5.48 Å². The Hall–Kier alpha value is -1.87. The predicted octanol–water partition coefficient (Wildman–Crippen LogP) is 4.79. The van der Waals surface area contributed by atoms with Crippen molar-refractivity contribution < 1.29 is 19.5 Å². The number of thioether (sulfide) groups is 1. The molecule has 3 N–H and O–H groups in total. The third-order valence-electron chi connectivity index (χ3n) is 4.99. The summed E-state index contributed by atoms with van der Waals surface area (Å²) in [6.45, 7) is 2.62. The van der Waals surface area contributed by atoms with E-state index in [1.165, 1.54) is 0 Å². The Morgan fingerprint density at radius 2 is 2.07 bits per heavy atom. The molecular weight excluding hydrogens is 420 g/mol. The summed E-state index contributed by atoms with van der Waals surface area (Å²) < 4.78 is 5.00. The molecule has 3 rings (SSSR count). The fourth-order valence-electron chi connectivity index (χ4n) is 3.57. The quantitative estimate of drug-likeness (QED) is 0.292. The minimum atomic E-state index is -0.352. The van der Waals surface area contributed by atoms with E-state index >= 15 is 0 Å². The average Bonchev–Trinajstić information content (AvgIpc) is 3.26. The highest BCUT2D eigenvalue weighted by Crippen LogP contribution is 2.50. The van der Waals surface area contributed by atoms with Crippen LogP contribution in [0.25, 0.3) is 10.4 Å². The summed E-state index contributed by atoms with van der Waals surface area (Å²) >= 11 is 3.47. The van der Waals surface area contributed by atoms with Crippen LogP contribution in [0, 0.1) is 0 Å². The van der Waals surface area contributed by atoms with Gasteiger partial charge in [-0.2, -0.15) is 0 Å². The Morgan fingerprint density at radius 3 is 2.80 bits per heavy atom. The van der Waals surface area contributed by atoms with Gasteiger partial charge in [0.05, 0.1) is 4.75 Å². The molecule has 0 unspecified atom stereocenters. The van der Waals surface area contributed by atoms with Crippen molar-refractivity contribution >= 4 is 40.6 Å². The first kappa shape index (κ1) is 22.8. The molecule has 1 aliphatic rings. The lowest BCUT2D eigenvalue weighted by Gasteiger charge is -2.35. The van der Waals surface area contributed by atoms with Crippen molar-refractivity contribution in [2.75, 3.05) is 24.3 Å². The second-order valence-corrected chi connectivity index (χ2v) is 9.92. The van der Waals surface area contributed by atoms with Gasteiger partial charge in [0.1, 0.15) is 6.61 Å². The molecule has 0 bridgehead atoms. The van der Waals surface area contributed by atoms with Gasteiger partial charge in [-0.15, -0.1) is 23.1 Å². The minimum absolute atomic E-state index is 0.0495. The highest BCUT2D eigenvalue weighted by Gasteiger charge is 2.38. The Kier molecular flexibility index (Phi) is 8.32. The van der Waals surface area contributed by atoms with E-state index in [0.717, 1.165) is 52.4 Å². The summed E-state index contributed by atoms with van der Waals surface area (Å²) in [6, 6.07) is 11.9. The number of anilines is 1. The molecule has 1 aromatic heterocycles. The number of carbonyl (C=O) groups excluding carboxylic acids is 2. The molecule has 2 amide bonds. The van der Waals surface area contributed by atoms with E-state index in [0.29, 0.717) is 6.61 Å². The molecule has 2 aromatic rings. The van der Waals surface area contributed by atoms with Crippen LogP contribution in [0.15, 0.2) is 36.4 Å². The first-order chi connectivity index (χ1) is 14.6. The highest BCUT2D eigenvalue weighted by molar-refractivity contribution is 8.00. The smallest absolute Gasteiger partial charge is 0.250 e. The Morgan fingerprint density at radius 1 is 1.20 bits per heavy atom. The zero-order valence-corrected chi connectivity index (χ0v) is 18.7. The third kappa shape index (κ3) is 5.85. The lowest BCUT2D eigenvalue weighted by molar-refractivity contribution is -0.129. The van der Waals surface area contributed by atoms with Crippen LogP contribution in [0.2, 0.25) is 0 Å². The fourth-order valence-corrected chi connectivity index (χ4v) is 6.45. The molecule has 2 heterocycles. The molecule has 0 saturated carbocycles. The summed E-state index contributed by atoms with van der Waals surface area (Å²) in [5.74, 6) is 0.488. The highest BCUT2D eigenvalue weighted by atomic mass is 32.2. The second kappa shape index (κ2) is 10.9. The lowest BCUT2D eigenvalue weighted by Crippen LogP contribution is -2.32. The van der Waals surface area contributed by atoms with Crippen LogP contribution in [0.4, 0.5) is 5.69 Å². The van der Waals surface area contributed by atoms with E-state index in [2.05, 4.69) is 17.4 Å². The van der Waals surface area contributed by atoms with E-state index in [9.17, 15) is 9.59 Å². The van der Waals surface area contributed by atoms with Crippen LogP contribution in [0.5, 0.6) is 0 Å². The standard InChI is InChI=1S/C22H28N2O4S2/c1-2-11-28-15-21(26)23-17-7-5-6-16(13-17)18-8-9-19(30-18)22(14-20(25)24-27)10-3-4-12-29-22/h5-9,13,27H,2-4,10-12,14-15H2,1H3,(H,23,26)(H,24,25)/t22-/m0/s1. The molecule has 1 saturated heterocycles. The van der Waals surface area contributed by atoms with Crippen LogP contribution >= 0.6 is 23.1 Å². The number of rotatable bonds is 9. The topological polar surface area (TPSA) is 87.7 Å². The van der Waals surface area contributed by atoms with Gasteiger partial charge >= 0.3 is 0 Å². The van der Waals surface area contributed by atoms with Gasteiger partial charge < -0.3 is 10.1 Å². The van der Waals surface area contributed by atoms with E-state index < -0.39 is 0 Å². The van der Waals surface area contributed by atoms with Gasteiger partial charge in [0.25, 0.3) is 0 Å². The number of ether oxygens (including phenoxy) is 1. The van der Waals surface area contributed by atoms with E-state index in [1.807, 2.05) is 31.2 Å². The monoisotopic (exact) mass is 448 g/mol. The molecule has 8 heteroatoms. The fraction of sp³-hybridized carbons (Fsp3) is 0.455. The van der Waals surface area contributed by atoms with Gasteiger partial charge in [-0.3, -0.25) is 14.8 Å². The predicted molar refractivity (Wildman–Crippen MR) is 122 cm³/mol. The summed E-state index contributed by atoms with van der Waals surface area (Å²) in [5, 5.41) is 11.9. The Balaban J connectivity index is 1.76. The van der Waals surface area contributed by atoms with Crippen molar-refractivity contribution in [2.24, 2.45) is 0 Å². The molecular formula is C22H28N2O4S2. The molecule has 0 radical (unpaired) electrons. The number of hydrogen-bond acceptors (Lipinski definition) is 6. The average molecular weight is 449 g/mol. The van der Waals surface area contributed by atoms with Gasteiger partial charge in [-0.25, -0.2) is 5.48 Å². The number of thiophene rings is 1. The molecule has 1 aromatic carbocycles. The number of amides is 2. The Labute approximate surface area is 185 Å². The van der Waals surface area contributed by atoms with E-state index in [-0.39, 0.29) is 29.6 Å². The van der Waals surface area contributed by atoms with Gasteiger partial charge in [-0.1, -0.05) is 25.5 Å². The molecule has 1 aliphatic heterocycles. The second-order valence-electron chi connectivity index (χ2n) is 7.36. The third-order valence-corrected chi connectivity index (χ3v) is 8.07. The molecule has 1 atom stereocenters. The summed E-state index contributed by atoms with van der Waals surface area (Å²) in [5.41, 5.74) is 3.54. The van der Waals surface area contributed by atoms with Crippen molar-refractivity contribution in [1.29, 1.82) is 0 Å². The lowest BCUT2D eigenvalue weighted by atomic mass is 9.94. The van der Waals surface area contributed by atoms with Crippen molar-refractivity contribution in [2.45, 2.75) is 43.8 Å². The summed E-state index contributed by atoms with van der Waals surface area (Å²) in [7, 11) is 0. The van der Waals surface area contributed by atoms with E-state index in [1.54, 1.807) is 28.6 Å². The largest absolute Gasteiger partial charge is 0.372 e. The zero-order chi connectivity index (χ0) is 21.4. The number of nitrogens with one attached hydrogen (secondary N) is 2. The van der Waals surface area contributed by atoms with Gasteiger partial charge in [0.2, 0.25) is 11.8 Å². The normalized spacial score (nSPS) is 18.7. The maximum Gasteiger partial charge on any atom is 0.250 e.